The van der Waals surface area contributed by atoms with Gasteiger partial charge in [0.15, 0.2) is 0 Å². The minimum Gasteiger partial charge on any atom is -0.382 e. The summed E-state index contributed by atoms with van der Waals surface area (Å²) in [6, 6.07) is 8.37. The number of carbonyl (C=O) groups is 1. The lowest BCUT2D eigenvalue weighted by Crippen LogP contribution is -2.45. The van der Waals surface area contributed by atoms with Crippen molar-refractivity contribution in [1.82, 2.24) is 15.2 Å². The predicted octanol–water partition coefficient (Wildman–Crippen LogP) is 3.36. The van der Waals surface area contributed by atoms with Crippen LogP contribution in [0, 0.1) is 0 Å². The minimum absolute atomic E-state index is 0.101. The van der Waals surface area contributed by atoms with Crippen LogP contribution < -0.4 is 5.32 Å². The van der Waals surface area contributed by atoms with Crippen molar-refractivity contribution in [2.75, 3.05) is 26.3 Å². The molecule has 1 amide bonds. The first kappa shape index (κ1) is 18.3. The van der Waals surface area contributed by atoms with Crippen molar-refractivity contribution >= 4 is 27.5 Å². The molecule has 25 heavy (non-hydrogen) atoms. The fourth-order valence-corrected chi connectivity index (χ4v) is 4.50. The zero-order valence-electron chi connectivity index (χ0n) is 15.0. The molecule has 1 aromatic heterocycles. The van der Waals surface area contributed by atoms with Gasteiger partial charge >= 0.3 is 0 Å². The van der Waals surface area contributed by atoms with E-state index in [0.717, 1.165) is 42.9 Å². The van der Waals surface area contributed by atoms with E-state index in [1.807, 2.05) is 19.9 Å². The number of amides is 1. The molecule has 3 rings (SSSR count). The van der Waals surface area contributed by atoms with Crippen LogP contribution >= 0.6 is 11.3 Å². The molecule has 1 fully saturated rings. The van der Waals surface area contributed by atoms with Crippen molar-refractivity contribution in [2.24, 2.45) is 0 Å². The fraction of sp³-hybridized carbons (Fsp3) is 0.579. The predicted molar refractivity (Wildman–Crippen MR) is 102 cm³/mol. The summed E-state index contributed by atoms with van der Waals surface area (Å²) in [6.07, 6.45) is 3.04. The monoisotopic (exact) mass is 361 g/mol. The highest BCUT2D eigenvalue weighted by Gasteiger charge is 2.34. The SMILES string of the molecule is CCOCCCNC(=O)C(C)N1CCCC1c1nc2ccccc2s1. The quantitative estimate of drug-likeness (QED) is 0.733. The van der Waals surface area contributed by atoms with Crippen molar-refractivity contribution in [2.45, 2.75) is 45.2 Å². The summed E-state index contributed by atoms with van der Waals surface area (Å²) in [5.74, 6) is 0.101. The number of para-hydroxylation sites is 1. The van der Waals surface area contributed by atoms with Gasteiger partial charge in [0, 0.05) is 19.8 Å². The molecule has 1 aliphatic heterocycles. The Hall–Kier alpha value is -1.50. The van der Waals surface area contributed by atoms with Crippen LogP contribution in [0.5, 0.6) is 0 Å². The van der Waals surface area contributed by atoms with Crippen LogP contribution in [0.4, 0.5) is 0 Å². The molecule has 0 bridgehead atoms. The van der Waals surface area contributed by atoms with Crippen LogP contribution in [0.2, 0.25) is 0 Å². The number of nitrogens with one attached hydrogen (secondary N) is 1. The molecule has 0 radical (unpaired) electrons. The molecule has 2 aromatic rings. The third kappa shape index (κ3) is 4.37. The lowest BCUT2D eigenvalue weighted by atomic mass is 10.2. The van der Waals surface area contributed by atoms with E-state index in [2.05, 4.69) is 28.4 Å². The number of hydrogen-bond donors (Lipinski definition) is 1. The van der Waals surface area contributed by atoms with Gasteiger partial charge in [-0.3, -0.25) is 9.69 Å². The number of likely N-dealkylation sites (tertiary alicyclic amines) is 1. The Kier molecular flexibility index (Phi) is 6.39. The number of ether oxygens (including phenoxy) is 1. The Bertz CT molecular complexity index is 670. The highest BCUT2D eigenvalue weighted by Crippen LogP contribution is 2.37. The van der Waals surface area contributed by atoms with Crippen LogP contribution in [0.25, 0.3) is 10.2 Å². The smallest absolute Gasteiger partial charge is 0.237 e. The third-order valence-electron chi connectivity index (χ3n) is 4.74. The summed E-state index contributed by atoms with van der Waals surface area (Å²) in [6.45, 7) is 7.03. The van der Waals surface area contributed by atoms with Gasteiger partial charge in [-0.05, 0) is 51.8 Å². The average Bonchev–Trinajstić information content (AvgIpc) is 3.26. The Labute approximate surface area is 153 Å². The molecule has 2 unspecified atom stereocenters. The van der Waals surface area contributed by atoms with Gasteiger partial charge in [-0.15, -0.1) is 11.3 Å². The first-order chi connectivity index (χ1) is 12.2. The highest BCUT2D eigenvalue weighted by atomic mass is 32.1. The summed E-state index contributed by atoms with van der Waals surface area (Å²) in [5, 5.41) is 4.17. The molecule has 2 heterocycles. The largest absolute Gasteiger partial charge is 0.382 e. The molecule has 1 saturated heterocycles. The maximum Gasteiger partial charge on any atom is 0.237 e. The zero-order valence-corrected chi connectivity index (χ0v) is 15.8. The summed E-state index contributed by atoms with van der Waals surface area (Å²) in [7, 11) is 0. The highest BCUT2D eigenvalue weighted by molar-refractivity contribution is 7.18. The number of carbonyl (C=O) groups excluding carboxylic acids is 1. The minimum atomic E-state index is -0.133. The first-order valence-corrected chi connectivity index (χ1v) is 9.99. The lowest BCUT2D eigenvalue weighted by Gasteiger charge is -2.28. The van der Waals surface area contributed by atoms with E-state index in [1.54, 1.807) is 11.3 Å². The molecule has 2 atom stereocenters. The average molecular weight is 362 g/mol. The number of aromatic nitrogens is 1. The van der Waals surface area contributed by atoms with E-state index in [0.29, 0.717) is 13.2 Å². The summed E-state index contributed by atoms with van der Waals surface area (Å²) < 4.78 is 6.53. The molecule has 1 aliphatic rings. The van der Waals surface area contributed by atoms with Crippen LogP contribution in [-0.2, 0) is 9.53 Å². The molecule has 136 valence electrons. The lowest BCUT2D eigenvalue weighted by molar-refractivity contribution is -0.126. The molecule has 1 N–H and O–H groups in total. The number of nitrogens with zero attached hydrogens (tertiary/aromatic N) is 2. The second-order valence-corrected chi connectivity index (χ2v) is 7.50. The molecule has 1 aromatic carbocycles. The number of fused-ring (bicyclic) bond motifs is 1. The van der Waals surface area contributed by atoms with E-state index in [4.69, 9.17) is 9.72 Å². The van der Waals surface area contributed by atoms with Crippen molar-refractivity contribution < 1.29 is 9.53 Å². The van der Waals surface area contributed by atoms with Gasteiger partial charge in [0.2, 0.25) is 5.91 Å². The van der Waals surface area contributed by atoms with Gasteiger partial charge in [-0.25, -0.2) is 4.98 Å². The van der Waals surface area contributed by atoms with Gasteiger partial charge < -0.3 is 10.1 Å². The van der Waals surface area contributed by atoms with Gasteiger partial charge in [0.25, 0.3) is 0 Å². The Morgan fingerprint density at radius 1 is 1.48 bits per heavy atom. The zero-order chi connectivity index (χ0) is 17.6. The molecule has 6 heteroatoms. The molecule has 0 saturated carbocycles. The summed E-state index contributed by atoms with van der Waals surface area (Å²) in [5.41, 5.74) is 1.06. The van der Waals surface area contributed by atoms with E-state index in [9.17, 15) is 4.79 Å². The van der Waals surface area contributed by atoms with Gasteiger partial charge in [-0.1, -0.05) is 12.1 Å². The maximum absolute atomic E-state index is 12.5. The van der Waals surface area contributed by atoms with E-state index in [1.165, 1.54) is 4.70 Å². The Morgan fingerprint density at radius 3 is 3.12 bits per heavy atom. The second-order valence-electron chi connectivity index (χ2n) is 6.43. The Morgan fingerprint density at radius 2 is 2.32 bits per heavy atom. The van der Waals surface area contributed by atoms with Crippen LogP contribution in [0.1, 0.15) is 44.2 Å². The summed E-state index contributed by atoms with van der Waals surface area (Å²) in [4.78, 5) is 19.6. The van der Waals surface area contributed by atoms with Crippen molar-refractivity contribution in [3.8, 4) is 0 Å². The maximum atomic E-state index is 12.5. The first-order valence-electron chi connectivity index (χ1n) is 9.17. The second kappa shape index (κ2) is 8.74. The molecule has 0 spiro atoms. The van der Waals surface area contributed by atoms with Gasteiger partial charge in [-0.2, -0.15) is 0 Å². The molecule has 0 aliphatic carbocycles. The molecular formula is C19H27N3O2S. The number of thiazole rings is 1. The number of benzene rings is 1. The van der Waals surface area contributed by atoms with Crippen LogP contribution in [0.15, 0.2) is 24.3 Å². The molecule has 5 nitrogen and oxygen atoms in total. The summed E-state index contributed by atoms with van der Waals surface area (Å²) >= 11 is 1.75. The van der Waals surface area contributed by atoms with Crippen molar-refractivity contribution in [1.29, 1.82) is 0 Å². The normalized spacial score (nSPS) is 19.4. The van der Waals surface area contributed by atoms with Crippen molar-refractivity contribution in [3.63, 3.8) is 0 Å². The van der Waals surface area contributed by atoms with E-state index >= 15 is 0 Å². The van der Waals surface area contributed by atoms with Crippen LogP contribution in [0.3, 0.4) is 0 Å². The van der Waals surface area contributed by atoms with E-state index in [-0.39, 0.29) is 18.0 Å². The third-order valence-corrected chi connectivity index (χ3v) is 5.87. The van der Waals surface area contributed by atoms with Crippen LogP contribution in [-0.4, -0.2) is 48.1 Å². The van der Waals surface area contributed by atoms with E-state index < -0.39 is 0 Å². The fourth-order valence-electron chi connectivity index (χ4n) is 3.38. The Balaban J connectivity index is 1.61. The number of rotatable bonds is 8. The number of hydrogen-bond acceptors (Lipinski definition) is 5. The van der Waals surface area contributed by atoms with Crippen molar-refractivity contribution in [3.05, 3.63) is 29.3 Å². The standard InChI is InChI=1S/C19H27N3O2S/c1-3-24-13-7-11-20-18(23)14(2)22-12-6-9-16(22)19-21-15-8-4-5-10-17(15)25-19/h4-5,8,10,14,16H,3,6-7,9,11-13H2,1-2H3,(H,20,23). The van der Waals surface area contributed by atoms with Gasteiger partial charge in [0.1, 0.15) is 5.01 Å². The molecular weight excluding hydrogens is 334 g/mol. The topological polar surface area (TPSA) is 54.5 Å². The van der Waals surface area contributed by atoms with Gasteiger partial charge in [0.05, 0.1) is 22.3 Å².